The van der Waals surface area contributed by atoms with Gasteiger partial charge < -0.3 is 15.0 Å². The number of rotatable bonds is 3. The minimum absolute atomic E-state index is 0.100. The van der Waals surface area contributed by atoms with E-state index in [1.54, 1.807) is 44.2 Å². The number of ether oxygens (including phenoxy) is 1. The number of likely N-dealkylation sites (tertiary alicyclic amines) is 1. The van der Waals surface area contributed by atoms with Gasteiger partial charge in [0.2, 0.25) is 0 Å². The number of carbonyl (C=O) groups is 3. The number of halogens is 1. The molecule has 0 bridgehead atoms. The molecule has 1 saturated heterocycles. The van der Waals surface area contributed by atoms with Gasteiger partial charge >= 0.3 is 5.97 Å². The summed E-state index contributed by atoms with van der Waals surface area (Å²) in [5.74, 6) is -2.17. The summed E-state index contributed by atoms with van der Waals surface area (Å²) in [5.41, 5.74) is 0.683. The van der Waals surface area contributed by atoms with Crippen molar-refractivity contribution in [2.24, 2.45) is 5.92 Å². The zero-order chi connectivity index (χ0) is 20.8. The first-order valence-electron chi connectivity index (χ1n) is 9.52. The van der Waals surface area contributed by atoms with Gasteiger partial charge in [-0.05, 0) is 49.7 Å². The quantitative estimate of drug-likeness (QED) is 0.783. The molecule has 2 heterocycles. The Morgan fingerprint density at radius 2 is 1.90 bits per heavy atom. The average Bonchev–Trinajstić information content (AvgIpc) is 3.03. The first-order valence-corrected chi connectivity index (χ1v) is 9.90. The maximum Gasteiger partial charge on any atom is 0.311 e. The third-order valence-corrected chi connectivity index (χ3v) is 6.13. The minimum atomic E-state index is -1.22. The fraction of sp³-hybridized carbons (Fsp3) is 0.318. The summed E-state index contributed by atoms with van der Waals surface area (Å²) in [5, 5.41) is 3.42. The SMILES string of the molecule is CCOC(=O)[C@H]1CN(C(=O)c2ccc(Cl)cc2)[C@]2(C)C(=O)Nc3ccccc3[C@H]12. The number of fused-ring (bicyclic) bond motifs is 3. The maximum absolute atomic E-state index is 13.4. The Balaban J connectivity index is 1.82. The molecular formula is C22H21ClN2O4. The lowest BCUT2D eigenvalue weighted by atomic mass is 9.72. The van der Waals surface area contributed by atoms with E-state index in [0.717, 1.165) is 5.56 Å². The van der Waals surface area contributed by atoms with Crippen LogP contribution in [0.15, 0.2) is 48.5 Å². The zero-order valence-corrected chi connectivity index (χ0v) is 16.9. The molecule has 2 aromatic rings. The smallest absolute Gasteiger partial charge is 0.311 e. The molecule has 3 atom stereocenters. The summed E-state index contributed by atoms with van der Waals surface area (Å²) < 4.78 is 5.29. The number of benzene rings is 2. The highest BCUT2D eigenvalue weighted by Crippen LogP contribution is 2.51. The lowest BCUT2D eigenvalue weighted by Gasteiger charge is -2.42. The van der Waals surface area contributed by atoms with Crippen LogP contribution in [-0.2, 0) is 14.3 Å². The van der Waals surface area contributed by atoms with E-state index < -0.39 is 23.3 Å². The summed E-state index contributed by atoms with van der Waals surface area (Å²) in [6.45, 7) is 3.79. The van der Waals surface area contributed by atoms with E-state index in [1.807, 2.05) is 18.2 Å². The monoisotopic (exact) mass is 412 g/mol. The molecule has 2 aliphatic rings. The molecule has 150 valence electrons. The topological polar surface area (TPSA) is 75.7 Å². The first-order chi connectivity index (χ1) is 13.9. The van der Waals surface area contributed by atoms with Gasteiger partial charge in [0.05, 0.1) is 12.5 Å². The first kappa shape index (κ1) is 19.5. The normalized spacial score (nSPS) is 25.1. The Morgan fingerprint density at radius 1 is 1.21 bits per heavy atom. The number of hydrogen-bond donors (Lipinski definition) is 1. The molecule has 7 heteroatoms. The van der Waals surface area contributed by atoms with Gasteiger partial charge in [0.15, 0.2) is 0 Å². The van der Waals surface area contributed by atoms with Gasteiger partial charge in [-0.1, -0.05) is 29.8 Å². The second-order valence-electron chi connectivity index (χ2n) is 7.45. The van der Waals surface area contributed by atoms with Gasteiger partial charge in [-0.15, -0.1) is 0 Å². The third-order valence-electron chi connectivity index (χ3n) is 5.88. The Bertz CT molecular complexity index is 991. The van der Waals surface area contributed by atoms with Crippen LogP contribution in [0.4, 0.5) is 5.69 Å². The van der Waals surface area contributed by atoms with Crippen molar-refractivity contribution >= 4 is 35.1 Å². The molecule has 2 amide bonds. The van der Waals surface area contributed by atoms with Crippen molar-refractivity contribution in [2.75, 3.05) is 18.5 Å². The summed E-state index contributed by atoms with van der Waals surface area (Å²) in [6.07, 6.45) is 0. The molecule has 0 saturated carbocycles. The van der Waals surface area contributed by atoms with E-state index in [2.05, 4.69) is 5.32 Å². The van der Waals surface area contributed by atoms with Crippen LogP contribution in [0.2, 0.25) is 5.02 Å². The maximum atomic E-state index is 13.4. The van der Waals surface area contributed by atoms with Crippen LogP contribution in [0.3, 0.4) is 0 Å². The number of nitrogens with zero attached hydrogens (tertiary/aromatic N) is 1. The van der Waals surface area contributed by atoms with Crippen molar-refractivity contribution in [1.29, 1.82) is 0 Å². The number of amides is 2. The number of esters is 1. The lowest BCUT2D eigenvalue weighted by molar-refractivity contribution is -0.148. The molecule has 0 unspecified atom stereocenters. The largest absolute Gasteiger partial charge is 0.466 e. The Kier molecular flexibility index (Phi) is 4.82. The Labute approximate surface area is 173 Å². The van der Waals surface area contributed by atoms with Gasteiger partial charge in [0, 0.05) is 28.7 Å². The molecule has 0 spiro atoms. The highest BCUT2D eigenvalue weighted by molar-refractivity contribution is 6.30. The van der Waals surface area contributed by atoms with E-state index in [0.29, 0.717) is 16.3 Å². The molecule has 29 heavy (non-hydrogen) atoms. The van der Waals surface area contributed by atoms with Gasteiger partial charge in [-0.2, -0.15) is 0 Å². The highest BCUT2D eigenvalue weighted by Gasteiger charge is 2.62. The second-order valence-corrected chi connectivity index (χ2v) is 7.88. The van der Waals surface area contributed by atoms with Gasteiger partial charge in [-0.25, -0.2) is 0 Å². The summed E-state index contributed by atoms with van der Waals surface area (Å²) in [6, 6.07) is 13.9. The van der Waals surface area contributed by atoms with Crippen LogP contribution < -0.4 is 5.32 Å². The Hall–Kier alpha value is -2.86. The van der Waals surface area contributed by atoms with E-state index >= 15 is 0 Å². The van der Waals surface area contributed by atoms with Crippen LogP contribution in [0.5, 0.6) is 0 Å². The fourth-order valence-corrected chi connectivity index (χ4v) is 4.59. The average molecular weight is 413 g/mol. The van der Waals surface area contributed by atoms with Crippen molar-refractivity contribution in [1.82, 2.24) is 4.90 Å². The van der Waals surface area contributed by atoms with Gasteiger partial charge in [0.25, 0.3) is 11.8 Å². The predicted octanol–water partition coefficient (Wildman–Crippen LogP) is 3.47. The third kappa shape index (κ3) is 2.99. The van der Waals surface area contributed by atoms with Crippen LogP contribution in [0, 0.1) is 5.92 Å². The summed E-state index contributed by atoms with van der Waals surface area (Å²) >= 11 is 5.94. The van der Waals surface area contributed by atoms with Crippen LogP contribution in [0.25, 0.3) is 0 Å². The number of para-hydroxylation sites is 1. The van der Waals surface area contributed by atoms with Crippen molar-refractivity contribution in [3.05, 3.63) is 64.7 Å². The minimum Gasteiger partial charge on any atom is -0.466 e. The molecule has 1 N–H and O–H groups in total. The van der Waals surface area contributed by atoms with E-state index in [4.69, 9.17) is 16.3 Å². The predicted molar refractivity (Wildman–Crippen MR) is 109 cm³/mol. The second kappa shape index (κ2) is 7.19. The number of anilines is 1. The highest BCUT2D eigenvalue weighted by atomic mass is 35.5. The van der Waals surface area contributed by atoms with Crippen molar-refractivity contribution in [2.45, 2.75) is 25.3 Å². The molecule has 0 radical (unpaired) electrons. The number of carbonyl (C=O) groups excluding carboxylic acids is 3. The standard InChI is InChI=1S/C22H21ClN2O4/c1-3-29-20(27)16-12-25(19(26)13-8-10-14(23)11-9-13)22(2)18(16)15-6-4-5-7-17(15)24-21(22)28/h4-11,16,18H,3,12H2,1-2H3,(H,24,28)/t16-,18+,22-/m0/s1. The lowest BCUT2D eigenvalue weighted by Crippen LogP contribution is -2.58. The fourth-order valence-electron chi connectivity index (χ4n) is 4.47. The van der Waals surface area contributed by atoms with Crippen LogP contribution >= 0.6 is 11.6 Å². The van der Waals surface area contributed by atoms with E-state index in [1.165, 1.54) is 4.90 Å². The molecule has 0 aliphatic carbocycles. The summed E-state index contributed by atoms with van der Waals surface area (Å²) in [7, 11) is 0. The van der Waals surface area contributed by atoms with Gasteiger partial charge in [0.1, 0.15) is 5.54 Å². The van der Waals surface area contributed by atoms with Gasteiger partial charge in [-0.3, -0.25) is 14.4 Å². The molecule has 1 fully saturated rings. The molecule has 2 aromatic carbocycles. The van der Waals surface area contributed by atoms with Crippen molar-refractivity contribution in [3.63, 3.8) is 0 Å². The number of hydrogen-bond acceptors (Lipinski definition) is 4. The Morgan fingerprint density at radius 3 is 2.59 bits per heavy atom. The molecule has 0 aromatic heterocycles. The van der Waals surface area contributed by atoms with E-state index in [9.17, 15) is 14.4 Å². The van der Waals surface area contributed by atoms with Crippen LogP contribution in [-0.4, -0.2) is 41.4 Å². The van der Waals surface area contributed by atoms with Crippen molar-refractivity contribution < 1.29 is 19.1 Å². The molecular weight excluding hydrogens is 392 g/mol. The van der Waals surface area contributed by atoms with Crippen LogP contribution in [0.1, 0.15) is 35.7 Å². The number of nitrogens with one attached hydrogen (secondary N) is 1. The van der Waals surface area contributed by atoms with Crippen molar-refractivity contribution in [3.8, 4) is 0 Å². The molecule has 2 aliphatic heterocycles. The zero-order valence-electron chi connectivity index (χ0n) is 16.1. The molecule has 4 rings (SSSR count). The molecule has 6 nitrogen and oxygen atoms in total. The van der Waals surface area contributed by atoms with E-state index in [-0.39, 0.29) is 25.0 Å². The summed E-state index contributed by atoms with van der Waals surface area (Å²) in [4.78, 5) is 40.9.